The Morgan fingerprint density at radius 3 is 2.79 bits per heavy atom. The summed E-state index contributed by atoms with van der Waals surface area (Å²) in [4.78, 5) is 31.0. The van der Waals surface area contributed by atoms with Gasteiger partial charge in [0.25, 0.3) is 11.8 Å². The van der Waals surface area contributed by atoms with Gasteiger partial charge in [-0.1, -0.05) is 5.16 Å². The van der Waals surface area contributed by atoms with Gasteiger partial charge in [0, 0.05) is 20.1 Å². The molecule has 4 rings (SSSR count). The Morgan fingerprint density at radius 2 is 2.12 bits per heavy atom. The molecular formula is C19H19F3N6O4S. The average molecular weight is 484 g/mol. The number of aryl methyl sites for hydroxylation is 2. The van der Waals surface area contributed by atoms with Crippen LogP contribution in [-0.2, 0) is 18.0 Å². The normalized spacial score (nSPS) is 16.8. The standard InChI is InChI=1S/C19H19F3N6O4S/c1-10-7-12(27(2)25-10)17(30)28-5-6-31-9-11(28)8-23-16(29)14-4-3-13(33-14)15-24-18(32-26-15)19(20,21)22/h3-4,7,11H,5-6,8-9H2,1-2H3,(H,23,29). The summed E-state index contributed by atoms with van der Waals surface area (Å²) in [5.74, 6) is -2.37. The van der Waals surface area contributed by atoms with E-state index < -0.39 is 24.0 Å². The van der Waals surface area contributed by atoms with Crippen molar-refractivity contribution in [3.63, 3.8) is 0 Å². The molecule has 1 saturated heterocycles. The van der Waals surface area contributed by atoms with Crippen LogP contribution >= 0.6 is 11.3 Å². The smallest absolute Gasteiger partial charge is 0.377 e. The predicted molar refractivity (Wildman–Crippen MR) is 109 cm³/mol. The van der Waals surface area contributed by atoms with Gasteiger partial charge in [-0.05, 0) is 25.1 Å². The molecule has 0 aromatic carbocycles. The molecule has 10 nitrogen and oxygen atoms in total. The molecule has 3 aromatic heterocycles. The topological polar surface area (TPSA) is 115 Å². The van der Waals surface area contributed by atoms with Crippen LogP contribution in [0.5, 0.6) is 0 Å². The molecule has 4 heterocycles. The third-order valence-corrected chi connectivity index (χ3v) is 6.01. The minimum atomic E-state index is -4.75. The fraction of sp³-hybridized carbons (Fsp3) is 0.421. The first kappa shape index (κ1) is 22.9. The van der Waals surface area contributed by atoms with Gasteiger partial charge in [-0.25, -0.2) is 0 Å². The number of rotatable bonds is 5. The lowest BCUT2D eigenvalue weighted by Crippen LogP contribution is -2.53. The molecule has 0 spiro atoms. The molecule has 1 atom stereocenters. The van der Waals surface area contributed by atoms with Crippen molar-refractivity contribution in [2.75, 3.05) is 26.3 Å². The fourth-order valence-electron chi connectivity index (χ4n) is 3.37. The van der Waals surface area contributed by atoms with Crippen molar-refractivity contribution in [3.8, 4) is 10.7 Å². The van der Waals surface area contributed by atoms with Crippen molar-refractivity contribution in [1.29, 1.82) is 0 Å². The molecule has 0 bridgehead atoms. The fourth-order valence-corrected chi connectivity index (χ4v) is 4.21. The summed E-state index contributed by atoms with van der Waals surface area (Å²) in [6, 6.07) is 4.20. The van der Waals surface area contributed by atoms with Crippen LogP contribution in [0.2, 0.25) is 0 Å². The lowest BCUT2D eigenvalue weighted by molar-refractivity contribution is -0.159. The lowest BCUT2D eigenvalue weighted by atomic mass is 10.2. The molecule has 1 N–H and O–H groups in total. The highest BCUT2D eigenvalue weighted by molar-refractivity contribution is 7.17. The van der Waals surface area contributed by atoms with E-state index in [-0.39, 0.29) is 34.6 Å². The molecule has 3 aromatic rings. The molecule has 33 heavy (non-hydrogen) atoms. The maximum absolute atomic E-state index is 13.0. The third-order valence-electron chi connectivity index (χ3n) is 4.93. The minimum Gasteiger partial charge on any atom is -0.377 e. The third kappa shape index (κ3) is 4.90. The summed E-state index contributed by atoms with van der Waals surface area (Å²) < 4.78 is 49.2. The van der Waals surface area contributed by atoms with E-state index in [1.54, 1.807) is 24.9 Å². The predicted octanol–water partition coefficient (Wildman–Crippen LogP) is 2.13. The van der Waals surface area contributed by atoms with E-state index in [1.807, 2.05) is 0 Å². The Labute approximate surface area is 189 Å². The Morgan fingerprint density at radius 1 is 1.33 bits per heavy atom. The van der Waals surface area contributed by atoms with Crippen molar-refractivity contribution in [2.45, 2.75) is 19.1 Å². The first-order valence-electron chi connectivity index (χ1n) is 9.82. The van der Waals surface area contributed by atoms with Crippen molar-refractivity contribution < 1.29 is 32.0 Å². The number of ether oxygens (including phenoxy) is 1. The van der Waals surface area contributed by atoms with Crippen molar-refractivity contribution in [3.05, 3.63) is 40.4 Å². The first-order chi connectivity index (χ1) is 15.6. The van der Waals surface area contributed by atoms with E-state index in [9.17, 15) is 22.8 Å². The zero-order valence-electron chi connectivity index (χ0n) is 17.5. The Kier molecular flexibility index (Phi) is 6.21. The zero-order valence-corrected chi connectivity index (χ0v) is 18.4. The van der Waals surface area contributed by atoms with E-state index in [4.69, 9.17) is 4.74 Å². The monoisotopic (exact) mass is 484 g/mol. The van der Waals surface area contributed by atoms with Gasteiger partial charge in [-0.15, -0.1) is 11.3 Å². The van der Waals surface area contributed by atoms with E-state index in [2.05, 4.69) is 25.1 Å². The van der Waals surface area contributed by atoms with Crippen LogP contribution in [0.4, 0.5) is 13.2 Å². The molecule has 176 valence electrons. The van der Waals surface area contributed by atoms with Crippen LogP contribution in [0.3, 0.4) is 0 Å². The summed E-state index contributed by atoms with van der Waals surface area (Å²) in [5, 5.41) is 10.3. The number of carbonyl (C=O) groups excluding carboxylic acids is 2. The molecule has 1 aliphatic rings. The van der Waals surface area contributed by atoms with Crippen molar-refractivity contribution in [1.82, 2.24) is 30.1 Å². The first-order valence-corrected chi connectivity index (χ1v) is 10.6. The number of carbonyl (C=O) groups is 2. The van der Waals surface area contributed by atoms with Gasteiger partial charge in [0.15, 0.2) is 0 Å². The van der Waals surface area contributed by atoms with Crippen molar-refractivity contribution in [2.24, 2.45) is 7.05 Å². The Balaban J connectivity index is 1.41. The second kappa shape index (κ2) is 8.94. The van der Waals surface area contributed by atoms with Crippen molar-refractivity contribution >= 4 is 23.2 Å². The molecule has 0 radical (unpaired) electrons. The summed E-state index contributed by atoms with van der Waals surface area (Å²) in [7, 11) is 1.69. The highest BCUT2D eigenvalue weighted by Gasteiger charge is 2.38. The van der Waals surface area contributed by atoms with Gasteiger partial charge in [0.2, 0.25) is 5.82 Å². The molecule has 2 amide bonds. The van der Waals surface area contributed by atoms with Gasteiger partial charge in [0.1, 0.15) is 5.69 Å². The van der Waals surface area contributed by atoms with Crippen LogP contribution in [-0.4, -0.2) is 69.0 Å². The van der Waals surface area contributed by atoms with Crippen LogP contribution < -0.4 is 5.32 Å². The number of nitrogens with one attached hydrogen (secondary N) is 1. The second-order valence-electron chi connectivity index (χ2n) is 7.32. The van der Waals surface area contributed by atoms with E-state index in [1.165, 1.54) is 16.8 Å². The molecule has 1 fully saturated rings. The van der Waals surface area contributed by atoms with Crippen LogP contribution in [0.15, 0.2) is 22.7 Å². The maximum atomic E-state index is 13.0. The second-order valence-corrected chi connectivity index (χ2v) is 8.40. The van der Waals surface area contributed by atoms with Crippen LogP contribution in [0.1, 0.15) is 31.7 Å². The number of amides is 2. The number of alkyl halides is 3. The zero-order chi connectivity index (χ0) is 23.8. The number of thiophene rings is 1. The summed E-state index contributed by atoms with van der Waals surface area (Å²) >= 11 is 0.926. The minimum absolute atomic E-state index is 0.134. The Bertz CT molecular complexity index is 1170. The van der Waals surface area contributed by atoms with Gasteiger partial charge in [-0.3, -0.25) is 14.3 Å². The SMILES string of the molecule is Cc1cc(C(=O)N2CCOCC2CNC(=O)c2ccc(-c3noc(C(F)(F)F)n3)s2)n(C)n1. The highest BCUT2D eigenvalue weighted by Crippen LogP contribution is 2.31. The lowest BCUT2D eigenvalue weighted by Gasteiger charge is -2.35. The van der Waals surface area contributed by atoms with Crippen LogP contribution in [0, 0.1) is 6.92 Å². The molecule has 0 aliphatic carbocycles. The molecule has 14 heteroatoms. The summed E-state index contributed by atoms with van der Waals surface area (Å²) in [5.41, 5.74) is 1.16. The molecule has 1 unspecified atom stereocenters. The van der Waals surface area contributed by atoms with Gasteiger partial charge < -0.3 is 19.5 Å². The largest absolute Gasteiger partial charge is 0.471 e. The van der Waals surface area contributed by atoms with Gasteiger partial charge in [-0.2, -0.15) is 23.3 Å². The number of hydrogen-bond donors (Lipinski definition) is 1. The average Bonchev–Trinajstić information content (AvgIpc) is 3.50. The van der Waals surface area contributed by atoms with E-state index in [0.717, 1.165) is 17.0 Å². The molecule has 0 saturated carbocycles. The van der Waals surface area contributed by atoms with Crippen LogP contribution in [0.25, 0.3) is 10.7 Å². The molecular weight excluding hydrogens is 465 g/mol. The number of hydrogen-bond acceptors (Lipinski definition) is 8. The summed E-state index contributed by atoms with van der Waals surface area (Å²) in [6.45, 7) is 2.93. The number of halogens is 3. The number of nitrogens with zero attached hydrogens (tertiary/aromatic N) is 5. The maximum Gasteiger partial charge on any atom is 0.471 e. The van der Waals surface area contributed by atoms with E-state index in [0.29, 0.717) is 18.8 Å². The highest BCUT2D eigenvalue weighted by atomic mass is 32.1. The number of aromatic nitrogens is 4. The summed E-state index contributed by atoms with van der Waals surface area (Å²) in [6.07, 6.45) is -4.75. The molecule has 1 aliphatic heterocycles. The number of morpholine rings is 1. The van der Waals surface area contributed by atoms with E-state index >= 15 is 0 Å². The van der Waals surface area contributed by atoms with Gasteiger partial charge >= 0.3 is 12.1 Å². The van der Waals surface area contributed by atoms with Gasteiger partial charge in [0.05, 0.1) is 34.7 Å². The Hall–Kier alpha value is -3.26. The quantitative estimate of drug-likeness (QED) is 0.590.